The van der Waals surface area contributed by atoms with Crippen LogP contribution in [0.2, 0.25) is 0 Å². The van der Waals surface area contributed by atoms with Crippen LogP contribution in [0.4, 0.5) is 5.69 Å². The highest BCUT2D eigenvalue weighted by atomic mass is 32.2. The second-order valence-electron chi connectivity index (χ2n) is 8.24. The number of carbonyl (C=O) groups is 1. The fraction of sp³-hybridized carbons (Fsp3) is 0.192. The molecule has 0 bridgehead atoms. The van der Waals surface area contributed by atoms with E-state index in [4.69, 9.17) is 0 Å². The minimum atomic E-state index is -3.61. The number of sulfone groups is 1. The average Bonchev–Trinajstić information content (AvgIpc) is 3.12. The third-order valence-corrected chi connectivity index (χ3v) is 7.27. The molecule has 0 fully saturated rings. The summed E-state index contributed by atoms with van der Waals surface area (Å²) in [5.74, 6) is -0.294. The predicted molar refractivity (Wildman–Crippen MR) is 129 cm³/mol. The van der Waals surface area contributed by atoms with E-state index in [9.17, 15) is 13.2 Å². The van der Waals surface area contributed by atoms with Crippen LogP contribution in [0.15, 0.2) is 77.8 Å². The third-order valence-electron chi connectivity index (χ3n) is 5.59. The van der Waals surface area contributed by atoms with E-state index in [1.165, 1.54) is 0 Å². The second-order valence-corrected chi connectivity index (χ2v) is 10.2. The summed E-state index contributed by atoms with van der Waals surface area (Å²) in [6.07, 6.45) is 1.58. The van der Waals surface area contributed by atoms with Crippen LogP contribution in [0.1, 0.15) is 22.3 Å². The van der Waals surface area contributed by atoms with Gasteiger partial charge in [0.1, 0.15) is 6.54 Å². The first kappa shape index (κ1) is 21.8. The predicted octanol–water partition coefficient (Wildman–Crippen LogP) is 5.18. The molecule has 0 saturated heterocycles. The van der Waals surface area contributed by atoms with Gasteiger partial charge in [-0.05, 0) is 50.1 Å². The summed E-state index contributed by atoms with van der Waals surface area (Å²) >= 11 is 0. The number of hydrogen-bond donors (Lipinski definition) is 1. The molecule has 0 atom stereocenters. The van der Waals surface area contributed by atoms with Gasteiger partial charge in [-0.25, -0.2) is 8.42 Å². The van der Waals surface area contributed by atoms with Crippen LogP contribution in [0, 0.1) is 20.8 Å². The number of para-hydroxylation sites is 1. The molecule has 0 saturated carbocycles. The Balaban J connectivity index is 1.65. The van der Waals surface area contributed by atoms with Crippen molar-refractivity contribution in [2.24, 2.45) is 0 Å². The molecule has 0 aliphatic rings. The molecule has 0 spiro atoms. The van der Waals surface area contributed by atoms with Gasteiger partial charge in [0.2, 0.25) is 5.91 Å². The molecule has 0 unspecified atom stereocenters. The largest absolute Gasteiger partial charge is 0.337 e. The summed E-state index contributed by atoms with van der Waals surface area (Å²) in [7, 11) is -3.61. The van der Waals surface area contributed by atoms with Crippen LogP contribution in [-0.2, 0) is 26.9 Å². The lowest BCUT2D eigenvalue weighted by molar-refractivity contribution is -0.116. The van der Waals surface area contributed by atoms with E-state index < -0.39 is 9.84 Å². The van der Waals surface area contributed by atoms with Crippen molar-refractivity contribution in [2.75, 3.05) is 5.32 Å². The van der Waals surface area contributed by atoms with E-state index in [0.29, 0.717) is 16.6 Å². The SMILES string of the molecule is Cc1ccc(NC(=O)Cn2cc(S(=O)(=O)Cc3cc(C)ccc3C)c3ccccc32)cc1. The number of benzene rings is 3. The van der Waals surface area contributed by atoms with Gasteiger partial charge in [0, 0.05) is 22.8 Å². The minimum absolute atomic E-state index is 0.0212. The van der Waals surface area contributed by atoms with Crippen LogP contribution in [0.25, 0.3) is 10.9 Å². The Morgan fingerprint density at radius 1 is 0.906 bits per heavy atom. The van der Waals surface area contributed by atoms with Crippen LogP contribution in [-0.4, -0.2) is 18.9 Å². The van der Waals surface area contributed by atoms with Crippen LogP contribution >= 0.6 is 0 Å². The van der Waals surface area contributed by atoms with Crippen molar-refractivity contribution in [3.8, 4) is 0 Å². The smallest absolute Gasteiger partial charge is 0.244 e. The number of carbonyl (C=O) groups excluding carboxylic acids is 1. The van der Waals surface area contributed by atoms with Crippen molar-refractivity contribution in [3.05, 3.63) is 95.2 Å². The van der Waals surface area contributed by atoms with Crippen molar-refractivity contribution < 1.29 is 13.2 Å². The number of rotatable bonds is 6. The lowest BCUT2D eigenvalue weighted by Gasteiger charge is -2.08. The monoisotopic (exact) mass is 446 g/mol. The van der Waals surface area contributed by atoms with E-state index in [1.807, 2.05) is 81.4 Å². The van der Waals surface area contributed by atoms with E-state index >= 15 is 0 Å². The number of amides is 1. The maximum atomic E-state index is 13.4. The molecular weight excluding hydrogens is 420 g/mol. The van der Waals surface area contributed by atoms with Gasteiger partial charge in [0.05, 0.1) is 10.6 Å². The Morgan fingerprint density at radius 2 is 1.59 bits per heavy atom. The number of aromatic nitrogens is 1. The zero-order valence-corrected chi connectivity index (χ0v) is 19.2. The van der Waals surface area contributed by atoms with E-state index in [0.717, 1.165) is 22.3 Å². The highest BCUT2D eigenvalue weighted by molar-refractivity contribution is 7.90. The molecule has 0 aliphatic carbocycles. The normalized spacial score (nSPS) is 11.6. The lowest BCUT2D eigenvalue weighted by atomic mass is 10.1. The maximum Gasteiger partial charge on any atom is 0.244 e. The lowest BCUT2D eigenvalue weighted by Crippen LogP contribution is -2.18. The van der Waals surface area contributed by atoms with Crippen LogP contribution in [0.5, 0.6) is 0 Å². The molecule has 164 valence electrons. The molecule has 5 nitrogen and oxygen atoms in total. The number of hydrogen-bond acceptors (Lipinski definition) is 3. The first-order chi connectivity index (χ1) is 15.2. The first-order valence-electron chi connectivity index (χ1n) is 10.5. The Bertz CT molecular complexity index is 1400. The van der Waals surface area contributed by atoms with E-state index in [1.54, 1.807) is 16.8 Å². The summed E-state index contributed by atoms with van der Waals surface area (Å²) in [5.41, 5.74) is 5.29. The van der Waals surface area contributed by atoms with Gasteiger partial charge in [-0.15, -0.1) is 0 Å². The molecule has 1 N–H and O–H groups in total. The summed E-state index contributed by atoms with van der Waals surface area (Å²) < 4.78 is 28.5. The van der Waals surface area contributed by atoms with Gasteiger partial charge >= 0.3 is 0 Å². The maximum absolute atomic E-state index is 13.4. The highest BCUT2D eigenvalue weighted by Crippen LogP contribution is 2.29. The van der Waals surface area contributed by atoms with Crippen LogP contribution < -0.4 is 5.32 Å². The van der Waals surface area contributed by atoms with Crippen molar-refractivity contribution in [2.45, 2.75) is 38.0 Å². The molecule has 4 aromatic rings. The van der Waals surface area contributed by atoms with Gasteiger partial charge in [-0.1, -0.05) is 59.7 Å². The van der Waals surface area contributed by atoms with Crippen molar-refractivity contribution in [1.29, 1.82) is 0 Å². The zero-order chi connectivity index (χ0) is 22.9. The Hall–Kier alpha value is -3.38. The summed E-state index contributed by atoms with van der Waals surface area (Å²) in [4.78, 5) is 12.9. The van der Waals surface area contributed by atoms with E-state index in [-0.39, 0.29) is 23.1 Å². The van der Waals surface area contributed by atoms with Gasteiger partial charge in [-0.2, -0.15) is 0 Å². The molecule has 0 aliphatic heterocycles. The highest BCUT2D eigenvalue weighted by Gasteiger charge is 2.23. The number of anilines is 1. The first-order valence-corrected chi connectivity index (χ1v) is 12.1. The summed E-state index contributed by atoms with van der Waals surface area (Å²) in [6.45, 7) is 5.88. The molecular formula is C26H26N2O3S. The van der Waals surface area contributed by atoms with Crippen molar-refractivity contribution >= 4 is 32.3 Å². The summed E-state index contributed by atoms with van der Waals surface area (Å²) in [6, 6.07) is 20.7. The van der Waals surface area contributed by atoms with Gasteiger partial charge < -0.3 is 9.88 Å². The molecule has 1 heterocycles. The zero-order valence-electron chi connectivity index (χ0n) is 18.4. The topological polar surface area (TPSA) is 68.2 Å². The van der Waals surface area contributed by atoms with Crippen molar-refractivity contribution in [1.82, 2.24) is 4.57 Å². The molecule has 0 radical (unpaired) electrons. The molecule has 6 heteroatoms. The molecule has 3 aromatic carbocycles. The quantitative estimate of drug-likeness (QED) is 0.444. The number of fused-ring (bicyclic) bond motifs is 1. The number of nitrogens with zero attached hydrogens (tertiary/aromatic N) is 1. The van der Waals surface area contributed by atoms with Gasteiger partial charge in [0.25, 0.3) is 0 Å². The number of aryl methyl sites for hydroxylation is 3. The standard InChI is InChI=1S/C26H26N2O3S/c1-18-9-12-22(13-10-18)27-26(29)16-28-15-25(23-6-4-5-7-24(23)28)32(30,31)17-21-14-19(2)8-11-20(21)3/h4-15H,16-17H2,1-3H3,(H,27,29). The Morgan fingerprint density at radius 3 is 2.34 bits per heavy atom. The molecule has 4 rings (SSSR count). The number of nitrogens with one attached hydrogen (secondary N) is 1. The van der Waals surface area contributed by atoms with Crippen LogP contribution in [0.3, 0.4) is 0 Å². The van der Waals surface area contributed by atoms with E-state index in [2.05, 4.69) is 5.32 Å². The third kappa shape index (κ3) is 4.60. The second kappa shape index (κ2) is 8.63. The fourth-order valence-electron chi connectivity index (χ4n) is 3.82. The minimum Gasteiger partial charge on any atom is -0.337 e. The molecule has 1 amide bonds. The molecule has 1 aromatic heterocycles. The average molecular weight is 447 g/mol. The Kier molecular flexibility index (Phi) is 5.89. The van der Waals surface area contributed by atoms with Gasteiger partial charge in [0.15, 0.2) is 9.84 Å². The van der Waals surface area contributed by atoms with Crippen molar-refractivity contribution in [3.63, 3.8) is 0 Å². The molecule has 32 heavy (non-hydrogen) atoms. The fourth-order valence-corrected chi connectivity index (χ4v) is 5.49. The van der Waals surface area contributed by atoms with Gasteiger partial charge in [-0.3, -0.25) is 4.79 Å². The summed E-state index contributed by atoms with van der Waals surface area (Å²) in [5, 5.41) is 3.50. The Labute approximate surface area is 188 Å².